The average molecular weight is 289 g/mol. The molecule has 0 fully saturated rings. The molecule has 0 saturated heterocycles. The molecule has 0 amide bonds. The molecule has 0 bridgehead atoms. The van der Waals surface area contributed by atoms with Gasteiger partial charge < -0.3 is 11.1 Å². The summed E-state index contributed by atoms with van der Waals surface area (Å²) in [6, 6.07) is 1.85. The summed E-state index contributed by atoms with van der Waals surface area (Å²) in [6.07, 6.45) is -4.57. The molecule has 1 rings (SSSR count). The Kier molecular flexibility index (Phi) is 3.88. The van der Waals surface area contributed by atoms with Crippen molar-refractivity contribution in [2.75, 3.05) is 5.32 Å². The van der Waals surface area contributed by atoms with Gasteiger partial charge in [0.1, 0.15) is 0 Å². The summed E-state index contributed by atoms with van der Waals surface area (Å²) < 4.78 is 37.8. The van der Waals surface area contributed by atoms with Gasteiger partial charge in [0.15, 0.2) is 5.11 Å². The van der Waals surface area contributed by atoms with E-state index in [1.807, 2.05) is 0 Å². The number of nitrogens with two attached hydrogens (primary N) is 1. The molecule has 3 N–H and O–H groups in total. The quantitative estimate of drug-likeness (QED) is 0.775. The maximum absolute atomic E-state index is 12.6. The molecule has 0 unspecified atom stereocenters. The minimum atomic E-state index is -4.57. The Morgan fingerprint density at radius 3 is 2.31 bits per heavy atom. The first-order chi connectivity index (χ1) is 7.23. The smallest absolute Gasteiger partial charge is 0.376 e. The highest BCUT2D eigenvalue weighted by molar-refractivity contribution is 7.80. The number of alkyl halides is 3. The molecule has 0 aromatic heterocycles. The van der Waals surface area contributed by atoms with Crippen LogP contribution in [0.2, 0.25) is 10.0 Å². The summed E-state index contributed by atoms with van der Waals surface area (Å²) in [5, 5.41) is 1.54. The van der Waals surface area contributed by atoms with Gasteiger partial charge in [-0.25, -0.2) is 0 Å². The Morgan fingerprint density at radius 2 is 1.88 bits per heavy atom. The van der Waals surface area contributed by atoms with E-state index in [4.69, 9.17) is 28.9 Å². The van der Waals surface area contributed by atoms with E-state index in [1.54, 1.807) is 0 Å². The van der Waals surface area contributed by atoms with E-state index in [9.17, 15) is 13.2 Å². The largest absolute Gasteiger partial charge is 0.418 e. The van der Waals surface area contributed by atoms with Crippen molar-refractivity contribution in [3.63, 3.8) is 0 Å². The molecular weight excluding hydrogens is 284 g/mol. The van der Waals surface area contributed by atoms with Crippen LogP contribution in [0.4, 0.5) is 18.9 Å². The number of rotatable bonds is 1. The van der Waals surface area contributed by atoms with Crippen LogP contribution in [0.3, 0.4) is 0 Å². The van der Waals surface area contributed by atoms with E-state index in [-0.39, 0.29) is 15.2 Å². The van der Waals surface area contributed by atoms with Gasteiger partial charge in [-0.3, -0.25) is 0 Å². The van der Waals surface area contributed by atoms with Crippen LogP contribution in [0.15, 0.2) is 12.1 Å². The maximum atomic E-state index is 12.6. The molecule has 1 aromatic carbocycles. The van der Waals surface area contributed by atoms with Crippen LogP contribution in [-0.4, -0.2) is 5.11 Å². The lowest BCUT2D eigenvalue weighted by Crippen LogP contribution is -2.22. The zero-order valence-electron chi connectivity index (χ0n) is 7.53. The van der Waals surface area contributed by atoms with E-state index in [0.29, 0.717) is 0 Å². The third-order valence-corrected chi connectivity index (χ3v) is 2.55. The fraction of sp³-hybridized carbons (Fsp3) is 0.125. The average Bonchev–Trinajstić information content (AvgIpc) is 2.10. The molecule has 0 atom stereocenters. The SMILES string of the molecule is NC(=S)Nc1c(C(F)(F)F)ccc(Cl)c1Cl. The van der Waals surface area contributed by atoms with Crippen molar-refractivity contribution >= 4 is 46.2 Å². The lowest BCUT2D eigenvalue weighted by atomic mass is 10.1. The summed E-state index contributed by atoms with van der Waals surface area (Å²) >= 11 is 15.7. The monoisotopic (exact) mass is 288 g/mol. The molecular formula is C8H5Cl2F3N2S. The Bertz CT molecular complexity index is 434. The molecule has 1 aromatic rings. The number of hydrogen-bond donors (Lipinski definition) is 2. The normalized spacial score (nSPS) is 11.3. The Labute approximate surface area is 105 Å². The second-order valence-corrected chi connectivity index (χ2v) is 4.00. The van der Waals surface area contributed by atoms with Crippen LogP contribution in [0.5, 0.6) is 0 Å². The van der Waals surface area contributed by atoms with Crippen LogP contribution in [0.1, 0.15) is 5.56 Å². The van der Waals surface area contributed by atoms with Crippen molar-refractivity contribution in [1.82, 2.24) is 0 Å². The van der Waals surface area contributed by atoms with Crippen LogP contribution in [0.25, 0.3) is 0 Å². The molecule has 8 heteroatoms. The van der Waals surface area contributed by atoms with Crippen molar-refractivity contribution < 1.29 is 13.2 Å². The number of thiocarbonyl (C=S) groups is 1. The Morgan fingerprint density at radius 1 is 1.31 bits per heavy atom. The van der Waals surface area contributed by atoms with Gasteiger partial charge in [0.2, 0.25) is 0 Å². The summed E-state index contributed by atoms with van der Waals surface area (Å²) in [6.45, 7) is 0. The fourth-order valence-corrected chi connectivity index (χ4v) is 1.50. The van der Waals surface area contributed by atoms with E-state index < -0.39 is 17.4 Å². The molecule has 88 valence electrons. The van der Waals surface area contributed by atoms with E-state index in [2.05, 4.69) is 17.5 Å². The molecule has 0 aliphatic heterocycles. The molecule has 0 aliphatic rings. The third kappa shape index (κ3) is 2.90. The fourth-order valence-electron chi connectivity index (χ4n) is 1.03. The van der Waals surface area contributed by atoms with Gasteiger partial charge in [0, 0.05) is 0 Å². The van der Waals surface area contributed by atoms with Gasteiger partial charge in [-0.05, 0) is 24.4 Å². The van der Waals surface area contributed by atoms with Gasteiger partial charge >= 0.3 is 6.18 Å². The summed E-state index contributed by atoms with van der Waals surface area (Å²) in [5.74, 6) is 0. The highest BCUT2D eigenvalue weighted by Gasteiger charge is 2.35. The first kappa shape index (κ1) is 13.3. The first-order valence-electron chi connectivity index (χ1n) is 3.85. The van der Waals surface area contributed by atoms with Crippen molar-refractivity contribution in [1.29, 1.82) is 0 Å². The Balaban J connectivity index is 3.39. The number of halogens is 5. The second kappa shape index (κ2) is 4.65. The van der Waals surface area contributed by atoms with Crippen molar-refractivity contribution in [3.8, 4) is 0 Å². The zero-order valence-corrected chi connectivity index (χ0v) is 9.86. The highest BCUT2D eigenvalue weighted by Crippen LogP contribution is 2.41. The minimum Gasteiger partial charge on any atom is -0.376 e. The molecule has 0 spiro atoms. The van der Waals surface area contributed by atoms with E-state index >= 15 is 0 Å². The van der Waals surface area contributed by atoms with Crippen molar-refractivity contribution in [3.05, 3.63) is 27.7 Å². The highest BCUT2D eigenvalue weighted by atomic mass is 35.5. The van der Waals surface area contributed by atoms with Gasteiger partial charge in [-0.1, -0.05) is 23.2 Å². The predicted molar refractivity (Wildman–Crippen MR) is 61.9 cm³/mol. The van der Waals surface area contributed by atoms with Crippen LogP contribution < -0.4 is 11.1 Å². The number of benzene rings is 1. The lowest BCUT2D eigenvalue weighted by Gasteiger charge is -2.15. The second-order valence-electron chi connectivity index (χ2n) is 2.77. The zero-order chi connectivity index (χ0) is 12.5. The van der Waals surface area contributed by atoms with Crippen molar-refractivity contribution in [2.24, 2.45) is 5.73 Å². The first-order valence-corrected chi connectivity index (χ1v) is 5.01. The number of nitrogens with one attached hydrogen (secondary N) is 1. The predicted octanol–water partition coefficient (Wildman–Crippen LogP) is 3.67. The van der Waals surface area contributed by atoms with Gasteiger partial charge in [-0.2, -0.15) is 13.2 Å². The van der Waals surface area contributed by atoms with E-state index in [0.717, 1.165) is 12.1 Å². The van der Waals surface area contributed by atoms with Crippen molar-refractivity contribution in [2.45, 2.75) is 6.18 Å². The summed E-state index contributed by atoms with van der Waals surface area (Å²) in [4.78, 5) is 0. The molecule has 0 radical (unpaired) electrons. The summed E-state index contributed by atoms with van der Waals surface area (Å²) in [5.41, 5.74) is 3.69. The minimum absolute atomic E-state index is 0.0200. The number of anilines is 1. The third-order valence-electron chi connectivity index (χ3n) is 1.65. The molecule has 2 nitrogen and oxygen atoms in total. The number of hydrogen-bond acceptors (Lipinski definition) is 1. The van der Waals surface area contributed by atoms with E-state index in [1.165, 1.54) is 0 Å². The van der Waals surface area contributed by atoms with Gasteiger partial charge in [-0.15, -0.1) is 0 Å². The standard InChI is InChI=1S/C8H5Cl2F3N2S/c9-4-2-1-3(8(11,12)13)6(5(4)10)15-7(14)16/h1-2H,(H3,14,15,16). The van der Waals surface area contributed by atoms with Crippen LogP contribution in [0, 0.1) is 0 Å². The molecule has 0 heterocycles. The van der Waals surface area contributed by atoms with Crippen LogP contribution >= 0.6 is 35.4 Å². The topological polar surface area (TPSA) is 38.0 Å². The summed E-state index contributed by atoms with van der Waals surface area (Å²) in [7, 11) is 0. The maximum Gasteiger partial charge on any atom is 0.418 e. The Hall–Kier alpha value is -0.720. The molecule has 16 heavy (non-hydrogen) atoms. The van der Waals surface area contributed by atoms with Gasteiger partial charge in [0.25, 0.3) is 0 Å². The molecule has 0 saturated carbocycles. The van der Waals surface area contributed by atoms with Gasteiger partial charge in [0.05, 0.1) is 21.3 Å². The lowest BCUT2D eigenvalue weighted by molar-refractivity contribution is -0.136. The molecule has 0 aliphatic carbocycles. The van der Waals surface area contributed by atoms with Crippen LogP contribution in [-0.2, 0) is 6.18 Å².